The van der Waals surface area contributed by atoms with Crippen molar-refractivity contribution in [3.8, 4) is 0 Å². The maximum atomic E-state index is 11.3. The summed E-state index contributed by atoms with van der Waals surface area (Å²) in [6.07, 6.45) is -0.793. The first-order chi connectivity index (χ1) is 6.88. The molecule has 84 valence electrons. The van der Waals surface area contributed by atoms with Crippen LogP contribution in [0.15, 0.2) is 12.2 Å². The van der Waals surface area contributed by atoms with Gasteiger partial charge in [-0.25, -0.2) is 9.59 Å². The van der Waals surface area contributed by atoms with Crippen LogP contribution in [0.5, 0.6) is 0 Å². The van der Waals surface area contributed by atoms with Crippen molar-refractivity contribution in [1.29, 1.82) is 0 Å². The predicted molar refractivity (Wildman–Crippen MR) is 50.6 cm³/mol. The van der Waals surface area contributed by atoms with Crippen molar-refractivity contribution in [2.24, 2.45) is 0 Å². The van der Waals surface area contributed by atoms with E-state index in [2.05, 4.69) is 6.58 Å². The average Bonchev–Trinajstić information content (AvgIpc) is 2.43. The number of rotatable bonds is 3. The molecule has 0 radical (unpaired) electrons. The SMILES string of the molecule is C=C(C)C(=O)OC1OC(C)(CC)OC1=O. The zero-order valence-electron chi connectivity index (χ0n) is 9.03. The van der Waals surface area contributed by atoms with Gasteiger partial charge in [0, 0.05) is 18.9 Å². The van der Waals surface area contributed by atoms with Crippen LogP contribution in [0, 0.1) is 0 Å². The molecule has 0 spiro atoms. The monoisotopic (exact) mass is 214 g/mol. The zero-order chi connectivity index (χ0) is 11.6. The normalized spacial score (nSPS) is 29.8. The summed E-state index contributed by atoms with van der Waals surface area (Å²) in [5, 5.41) is 0. The Morgan fingerprint density at radius 3 is 2.67 bits per heavy atom. The Kier molecular flexibility index (Phi) is 3.14. The first kappa shape index (κ1) is 11.7. The lowest BCUT2D eigenvalue weighted by molar-refractivity contribution is -0.202. The van der Waals surface area contributed by atoms with Gasteiger partial charge in [0.25, 0.3) is 0 Å². The fourth-order valence-electron chi connectivity index (χ4n) is 0.985. The molecular formula is C10H14O5. The highest BCUT2D eigenvalue weighted by molar-refractivity contribution is 5.89. The molecule has 1 fully saturated rings. The summed E-state index contributed by atoms with van der Waals surface area (Å²) in [4.78, 5) is 22.4. The number of esters is 2. The van der Waals surface area contributed by atoms with Crippen LogP contribution in [-0.2, 0) is 23.8 Å². The Balaban J connectivity index is 2.63. The minimum Gasteiger partial charge on any atom is -0.429 e. The van der Waals surface area contributed by atoms with Gasteiger partial charge in [-0.2, -0.15) is 0 Å². The van der Waals surface area contributed by atoms with Crippen LogP contribution in [0.25, 0.3) is 0 Å². The van der Waals surface area contributed by atoms with E-state index in [1.807, 2.05) is 0 Å². The number of carbonyl (C=O) groups is 2. The smallest absolute Gasteiger partial charge is 0.379 e. The Labute approximate surface area is 88.0 Å². The van der Waals surface area contributed by atoms with Gasteiger partial charge in [0.2, 0.25) is 5.79 Å². The lowest BCUT2D eigenvalue weighted by Gasteiger charge is -2.18. The maximum Gasteiger partial charge on any atom is 0.379 e. The van der Waals surface area contributed by atoms with E-state index in [-0.39, 0.29) is 5.57 Å². The minimum absolute atomic E-state index is 0.205. The van der Waals surface area contributed by atoms with Crippen LogP contribution in [-0.4, -0.2) is 24.0 Å². The molecule has 1 aliphatic rings. The van der Waals surface area contributed by atoms with Crippen molar-refractivity contribution < 1.29 is 23.8 Å². The third-order valence-electron chi connectivity index (χ3n) is 2.07. The van der Waals surface area contributed by atoms with Gasteiger partial charge in [-0.05, 0) is 6.92 Å². The van der Waals surface area contributed by atoms with E-state index in [1.165, 1.54) is 6.92 Å². The first-order valence-electron chi connectivity index (χ1n) is 4.65. The Morgan fingerprint density at radius 2 is 2.27 bits per heavy atom. The zero-order valence-corrected chi connectivity index (χ0v) is 9.03. The van der Waals surface area contributed by atoms with Crippen molar-refractivity contribution in [2.45, 2.75) is 39.3 Å². The summed E-state index contributed by atoms with van der Waals surface area (Å²) in [7, 11) is 0. The van der Waals surface area contributed by atoms with Crippen LogP contribution in [0.4, 0.5) is 0 Å². The highest BCUT2D eigenvalue weighted by Gasteiger charge is 2.45. The second-order valence-corrected chi connectivity index (χ2v) is 3.54. The van der Waals surface area contributed by atoms with E-state index in [0.717, 1.165) is 0 Å². The number of hydrogen-bond acceptors (Lipinski definition) is 5. The molecule has 5 heteroatoms. The molecule has 0 aromatic rings. The van der Waals surface area contributed by atoms with Gasteiger partial charge in [0.1, 0.15) is 0 Å². The summed E-state index contributed by atoms with van der Waals surface area (Å²) in [5.74, 6) is -2.36. The largest absolute Gasteiger partial charge is 0.429 e. The molecule has 0 saturated carbocycles. The molecule has 0 aromatic carbocycles. The fraction of sp³-hybridized carbons (Fsp3) is 0.600. The second kappa shape index (κ2) is 4.02. The standard InChI is InChI=1S/C10H14O5/c1-5-10(4)14-8(12)9(15-10)13-7(11)6(2)3/h9H,2,5H2,1,3-4H3. The Morgan fingerprint density at radius 1 is 1.67 bits per heavy atom. The number of cyclic esters (lactones) is 1. The molecule has 0 N–H and O–H groups in total. The van der Waals surface area contributed by atoms with E-state index in [0.29, 0.717) is 6.42 Å². The summed E-state index contributed by atoms with van der Waals surface area (Å²) in [5.41, 5.74) is 0.205. The number of hydrogen-bond donors (Lipinski definition) is 0. The molecule has 2 atom stereocenters. The van der Waals surface area contributed by atoms with Crippen molar-refractivity contribution in [2.75, 3.05) is 0 Å². The van der Waals surface area contributed by atoms with Crippen LogP contribution in [0.2, 0.25) is 0 Å². The van der Waals surface area contributed by atoms with Crippen molar-refractivity contribution in [3.63, 3.8) is 0 Å². The second-order valence-electron chi connectivity index (χ2n) is 3.54. The van der Waals surface area contributed by atoms with Crippen LogP contribution < -0.4 is 0 Å². The lowest BCUT2D eigenvalue weighted by Crippen LogP contribution is -2.27. The highest BCUT2D eigenvalue weighted by Crippen LogP contribution is 2.28. The van der Waals surface area contributed by atoms with E-state index < -0.39 is 24.0 Å². The van der Waals surface area contributed by atoms with E-state index >= 15 is 0 Å². The maximum absolute atomic E-state index is 11.3. The highest BCUT2D eigenvalue weighted by atomic mass is 16.8. The van der Waals surface area contributed by atoms with Crippen molar-refractivity contribution >= 4 is 11.9 Å². The summed E-state index contributed by atoms with van der Waals surface area (Å²) >= 11 is 0. The van der Waals surface area contributed by atoms with Gasteiger partial charge in [-0.3, -0.25) is 4.74 Å². The molecule has 5 nitrogen and oxygen atoms in total. The quantitative estimate of drug-likeness (QED) is 0.520. The van der Waals surface area contributed by atoms with Crippen molar-refractivity contribution in [3.05, 3.63) is 12.2 Å². The fourth-order valence-corrected chi connectivity index (χ4v) is 0.985. The summed E-state index contributed by atoms with van der Waals surface area (Å²) in [6, 6.07) is 0. The summed E-state index contributed by atoms with van der Waals surface area (Å²) in [6.45, 7) is 8.30. The van der Waals surface area contributed by atoms with E-state index in [4.69, 9.17) is 14.2 Å². The molecular weight excluding hydrogens is 200 g/mol. The average molecular weight is 214 g/mol. The number of carbonyl (C=O) groups excluding carboxylic acids is 2. The molecule has 2 unspecified atom stereocenters. The van der Waals surface area contributed by atoms with Crippen LogP contribution in [0.3, 0.4) is 0 Å². The van der Waals surface area contributed by atoms with Gasteiger partial charge >= 0.3 is 18.2 Å². The molecule has 1 aliphatic heterocycles. The topological polar surface area (TPSA) is 61.8 Å². The summed E-state index contributed by atoms with van der Waals surface area (Å²) < 4.78 is 14.8. The Bertz CT molecular complexity index is 309. The molecule has 0 aromatic heterocycles. The number of ether oxygens (including phenoxy) is 3. The van der Waals surface area contributed by atoms with Gasteiger partial charge in [-0.15, -0.1) is 0 Å². The van der Waals surface area contributed by atoms with Gasteiger partial charge in [-0.1, -0.05) is 13.5 Å². The third kappa shape index (κ3) is 2.56. The van der Waals surface area contributed by atoms with E-state index in [1.54, 1.807) is 13.8 Å². The third-order valence-corrected chi connectivity index (χ3v) is 2.07. The molecule has 0 amide bonds. The molecule has 1 rings (SSSR count). The van der Waals surface area contributed by atoms with Crippen LogP contribution in [0.1, 0.15) is 27.2 Å². The Hall–Kier alpha value is -1.36. The van der Waals surface area contributed by atoms with Crippen molar-refractivity contribution in [1.82, 2.24) is 0 Å². The van der Waals surface area contributed by atoms with Gasteiger partial charge in [0.15, 0.2) is 0 Å². The molecule has 1 saturated heterocycles. The predicted octanol–water partition coefficient (Wildman–Crippen LogP) is 1.13. The lowest BCUT2D eigenvalue weighted by atomic mass is 10.2. The van der Waals surface area contributed by atoms with Crippen LogP contribution >= 0.6 is 0 Å². The first-order valence-corrected chi connectivity index (χ1v) is 4.65. The molecule has 0 bridgehead atoms. The molecule has 1 heterocycles. The van der Waals surface area contributed by atoms with E-state index in [9.17, 15) is 9.59 Å². The minimum atomic E-state index is -1.28. The molecule has 0 aliphatic carbocycles. The van der Waals surface area contributed by atoms with Gasteiger partial charge in [0.05, 0.1) is 0 Å². The molecule has 15 heavy (non-hydrogen) atoms. The van der Waals surface area contributed by atoms with Gasteiger partial charge < -0.3 is 9.47 Å².